The molecule has 3 heteroatoms. The molecule has 1 aromatic heterocycles. The van der Waals surface area contributed by atoms with Crippen LogP contribution in [0.25, 0.3) is 0 Å². The van der Waals surface area contributed by atoms with Crippen molar-refractivity contribution in [2.75, 3.05) is 18.0 Å². The summed E-state index contributed by atoms with van der Waals surface area (Å²) in [5, 5.41) is 0. The standard InChI is InChI=1S/C20H37N2.ClH/c1-5-9-15-21(16-10-6-2)20-13-17-22(18-14-20)19(11-7-3)12-8-4;/h13-14,17-19H,5-12,15-16H2,1-4H3;1H/q+1;/p-1. The third-order valence-electron chi connectivity index (χ3n) is 4.43. The molecular weight excluding hydrogens is 304 g/mol. The van der Waals surface area contributed by atoms with E-state index in [4.69, 9.17) is 0 Å². The van der Waals surface area contributed by atoms with E-state index in [1.807, 2.05) is 0 Å². The Hall–Kier alpha value is -0.760. The van der Waals surface area contributed by atoms with Gasteiger partial charge in [-0.1, -0.05) is 40.5 Å². The maximum absolute atomic E-state index is 2.56. The number of nitrogens with zero attached hydrogens (tertiary/aromatic N) is 2. The van der Waals surface area contributed by atoms with Crippen molar-refractivity contribution in [3.63, 3.8) is 0 Å². The topological polar surface area (TPSA) is 7.12 Å². The fourth-order valence-corrected chi connectivity index (χ4v) is 3.06. The highest BCUT2D eigenvalue weighted by Gasteiger charge is 2.16. The van der Waals surface area contributed by atoms with Gasteiger partial charge in [0.05, 0.1) is 0 Å². The molecule has 0 saturated heterocycles. The molecule has 1 heterocycles. The fraction of sp³-hybridized carbons (Fsp3) is 0.750. The predicted molar refractivity (Wildman–Crippen MR) is 97.5 cm³/mol. The first kappa shape index (κ1) is 22.2. The van der Waals surface area contributed by atoms with Gasteiger partial charge in [0.15, 0.2) is 18.4 Å². The van der Waals surface area contributed by atoms with Gasteiger partial charge in [-0.15, -0.1) is 0 Å². The molecule has 1 aromatic rings. The molecule has 0 spiro atoms. The highest BCUT2D eigenvalue weighted by atomic mass is 35.5. The van der Waals surface area contributed by atoms with Crippen LogP contribution in [0.1, 0.15) is 85.1 Å². The zero-order chi connectivity index (χ0) is 16.2. The molecule has 0 N–H and O–H groups in total. The number of unbranched alkanes of at least 4 members (excludes halogenated alkanes) is 2. The van der Waals surface area contributed by atoms with Gasteiger partial charge < -0.3 is 17.3 Å². The van der Waals surface area contributed by atoms with Gasteiger partial charge in [0.2, 0.25) is 0 Å². The lowest BCUT2D eigenvalue weighted by Crippen LogP contribution is -3.00. The van der Waals surface area contributed by atoms with E-state index < -0.39 is 0 Å². The second-order valence-electron chi connectivity index (χ2n) is 6.43. The molecule has 23 heavy (non-hydrogen) atoms. The predicted octanol–water partition coefficient (Wildman–Crippen LogP) is 2.53. The van der Waals surface area contributed by atoms with Gasteiger partial charge in [-0.3, -0.25) is 0 Å². The Kier molecular flexibility index (Phi) is 13.2. The van der Waals surface area contributed by atoms with Crippen LogP contribution in [0.5, 0.6) is 0 Å². The van der Waals surface area contributed by atoms with Crippen molar-refractivity contribution in [3.05, 3.63) is 24.5 Å². The van der Waals surface area contributed by atoms with Gasteiger partial charge in [-0.05, 0) is 25.7 Å². The smallest absolute Gasteiger partial charge is 0.171 e. The summed E-state index contributed by atoms with van der Waals surface area (Å²) >= 11 is 0. The Morgan fingerprint density at radius 1 is 0.826 bits per heavy atom. The third-order valence-corrected chi connectivity index (χ3v) is 4.43. The molecule has 0 unspecified atom stereocenters. The second kappa shape index (κ2) is 13.7. The van der Waals surface area contributed by atoms with E-state index in [0.29, 0.717) is 6.04 Å². The fourth-order valence-electron chi connectivity index (χ4n) is 3.06. The van der Waals surface area contributed by atoms with Crippen LogP contribution < -0.4 is 21.9 Å². The van der Waals surface area contributed by atoms with Gasteiger partial charge in [0, 0.05) is 43.8 Å². The third kappa shape index (κ3) is 8.06. The maximum Gasteiger partial charge on any atom is 0.171 e. The molecule has 0 aliphatic heterocycles. The van der Waals surface area contributed by atoms with Crippen molar-refractivity contribution in [2.45, 2.75) is 85.1 Å². The lowest BCUT2D eigenvalue weighted by Gasteiger charge is -2.24. The van der Waals surface area contributed by atoms with Crippen LogP contribution in [-0.4, -0.2) is 13.1 Å². The molecule has 0 atom stereocenters. The van der Waals surface area contributed by atoms with Crippen LogP contribution in [-0.2, 0) is 0 Å². The summed E-state index contributed by atoms with van der Waals surface area (Å²) in [5.74, 6) is 0. The van der Waals surface area contributed by atoms with Crippen LogP contribution in [0.4, 0.5) is 5.69 Å². The van der Waals surface area contributed by atoms with Crippen molar-refractivity contribution in [1.29, 1.82) is 0 Å². The summed E-state index contributed by atoms with van der Waals surface area (Å²) in [6.07, 6.45) is 14.8. The Bertz CT molecular complexity index is 364. The Balaban J connectivity index is 0.00000484. The van der Waals surface area contributed by atoms with Gasteiger partial charge >= 0.3 is 0 Å². The van der Waals surface area contributed by atoms with Crippen molar-refractivity contribution >= 4 is 5.69 Å². The van der Waals surface area contributed by atoms with Crippen LogP contribution in [0.2, 0.25) is 0 Å². The molecule has 134 valence electrons. The van der Waals surface area contributed by atoms with E-state index >= 15 is 0 Å². The minimum atomic E-state index is 0. The summed E-state index contributed by atoms with van der Waals surface area (Å²) in [7, 11) is 0. The molecule has 0 aliphatic rings. The molecule has 1 rings (SSSR count). The van der Waals surface area contributed by atoms with E-state index in [9.17, 15) is 0 Å². The Morgan fingerprint density at radius 2 is 1.30 bits per heavy atom. The van der Waals surface area contributed by atoms with Crippen molar-refractivity contribution in [1.82, 2.24) is 0 Å². The summed E-state index contributed by atoms with van der Waals surface area (Å²) in [6.45, 7) is 11.5. The number of hydrogen-bond donors (Lipinski definition) is 0. The van der Waals surface area contributed by atoms with Gasteiger partial charge in [-0.25, -0.2) is 4.57 Å². The van der Waals surface area contributed by atoms with E-state index in [2.05, 4.69) is 61.7 Å². The zero-order valence-electron chi connectivity index (χ0n) is 15.7. The van der Waals surface area contributed by atoms with E-state index in [0.717, 1.165) is 0 Å². The van der Waals surface area contributed by atoms with E-state index in [1.165, 1.54) is 70.1 Å². The molecule has 0 saturated carbocycles. The lowest BCUT2D eigenvalue weighted by molar-refractivity contribution is -0.724. The minimum absolute atomic E-state index is 0. The number of halogens is 1. The quantitative estimate of drug-likeness (QED) is 0.530. The molecule has 0 radical (unpaired) electrons. The monoisotopic (exact) mass is 340 g/mol. The van der Waals surface area contributed by atoms with Gasteiger partial charge in [0.25, 0.3) is 0 Å². The van der Waals surface area contributed by atoms with Crippen LogP contribution >= 0.6 is 0 Å². The van der Waals surface area contributed by atoms with Gasteiger partial charge in [-0.2, -0.15) is 0 Å². The van der Waals surface area contributed by atoms with Crippen LogP contribution in [0.15, 0.2) is 24.5 Å². The van der Waals surface area contributed by atoms with Gasteiger partial charge in [0.1, 0.15) is 0 Å². The molecule has 0 bridgehead atoms. The Morgan fingerprint density at radius 3 is 1.70 bits per heavy atom. The molecule has 0 fully saturated rings. The van der Waals surface area contributed by atoms with E-state index in [-0.39, 0.29) is 12.4 Å². The first-order valence-electron chi connectivity index (χ1n) is 9.52. The second-order valence-corrected chi connectivity index (χ2v) is 6.43. The normalized spacial score (nSPS) is 10.7. The molecular formula is C20H37ClN2. The average molecular weight is 341 g/mol. The molecule has 0 amide bonds. The highest BCUT2D eigenvalue weighted by molar-refractivity contribution is 5.43. The molecule has 0 aromatic carbocycles. The summed E-state index contributed by atoms with van der Waals surface area (Å²) < 4.78 is 2.42. The number of aromatic nitrogens is 1. The number of anilines is 1. The summed E-state index contributed by atoms with van der Waals surface area (Å²) in [6, 6.07) is 5.32. The van der Waals surface area contributed by atoms with Crippen molar-refractivity contribution in [3.8, 4) is 0 Å². The minimum Gasteiger partial charge on any atom is -1.00 e. The van der Waals surface area contributed by atoms with Crippen LogP contribution in [0, 0.1) is 0 Å². The number of rotatable bonds is 12. The highest BCUT2D eigenvalue weighted by Crippen LogP contribution is 2.17. The lowest BCUT2D eigenvalue weighted by atomic mass is 10.1. The van der Waals surface area contributed by atoms with Crippen LogP contribution in [0.3, 0.4) is 0 Å². The average Bonchev–Trinajstić information content (AvgIpc) is 2.55. The first-order chi connectivity index (χ1) is 10.8. The summed E-state index contributed by atoms with van der Waals surface area (Å²) in [5.41, 5.74) is 1.39. The van der Waals surface area contributed by atoms with Crippen molar-refractivity contribution < 1.29 is 17.0 Å². The number of hydrogen-bond acceptors (Lipinski definition) is 1. The molecule has 0 aliphatic carbocycles. The largest absolute Gasteiger partial charge is 1.00 e. The SMILES string of the molecule is CCCCN(CCCC)c1cc[n+](C(CCC)CCC)cc1.[Cl-]. The van der Waals surface area contributed by atoms with E-state index in [1.54, 1.807) is 0 Å². The molecule has 2 nitrogen and oxygen atoms in total. The maximum atomic E-state index is 2.56. The Labute approximate surface area is 150 Å². The number of pyridine rings is 1. The summed E-state index contributed by atoms with van der Waals surface area (Å²) in [4.78, 5) is 2.56. The van der Waals surface area contributed by atoms with Crippen molar-refractivity contribution in [2.24, 2.45) is 0 Å². The zero-order valence-corrected chi connectivity index (χ0v) is 16.5. The first-order valence-corrected chi connectivity index (χ1v) is 9.52.